The highest BCUT2D eigenvalue weighted by molar-refractivity contribution is 5.84. The summed E-state index contributed by atoms with van der Waals surface area (Å²) in [5, 5.41) is 12.2. The van der Waals surface area contributed by atoms with Gasteiger partial charge in [-0.25, -0.2) is 0 Å². The van der Waals surface area contributed by atoms with Crippen LogP contribution in [0.4, 0.5) is 0 Å². The zero-order valence-corrected chi connectivity index (χ0v) is 12.7. The third-order valence-electron chi connectivity index (χ3n) is 4.64. The van der Waals surface area contributed by atoms with Crippen molar-refractivity contribution in [1.82, 2.24) is 10.2 Å². The lowest BCUT2D eigenvalue weighted by Gasteiger charge is -2.38. The molecule has 20 heavy (non-hydrogen) atoms. The van der Waals surface area contributed by atoms with Gasteiger partial charge in [0.1, 0.15) is 0 Å². The summed E-state index contributed by atoms with van der Waals surface area (Å²) in [5.74, 6) is 0.292. The predicted molar refractivity (Wildman–Crippen MR) is 76.3 cm³/mol. The Morgan fingerprint density at radius 1 is 1.30 bits per heavy atom. The van der Waals surface area contributed by atoms with Crippen molar-refractivity contribution in [3.63, 3.8) is 0 Å². The molecule has 0 radical (unpaired) electrons. The molecule has 3 atom stereocenters. The monoisotopic (exact) mass is 282 g/mol. The lowest BCUT2D eigenvalue weighted by Crippen LogP contribution is -2.54. The standard InChI is InChI=1S/C15H26N2O3/c1-15(2,3)17(8-7-12(18)19)14(20)13-11-6-4-5-10(11)9-16-13/h10-11,13,16H,4-9H2,1-3H3,(H,18,19). The van der Waals surface area contributed by atoms with Gasteiger partial charge < -0.3 is 15.3 Å². The number of nitrogens with zero attached hydrogens (tertiary/aromatic N) is 1. The Bertz CT molecular complexity index is 389. The van der Waals surface area contributed by atoms with Gasteiger partial charge in [-0.2, -0.15) is 0 Å². The van der Waals surface area contributed by atoms with Crippen LogP contribution in [-0.2, 0) is 9.59 Å². The minimum Gasteiger partial charge on any atom is -0.481 e. The summed E-state index contributed by atoms with van der Waals surface area (Å²) in [7, 11) is 0. The summed E-state index contributed by atoms with van der Waals surface area (Å²) in [4.78, 5) is 25.4. The zero-order chi connectivity index (χ0) is 14.9. The lowest BCUT2D eigenvalue weighted by atomic mass is 9.92. The Morgan fingerprint density at radius 3 is 2.60 bits per heavy atom. The minimum absolute atomic E-state index is 0.00379. The van der Waals surface area contributed by atoms with Gasteiger partial charge in [-0.3, -0.25) is 9.59 Å². The molecule has 2 aliphatic rings. The number of rotatable bonds is 4. The van der Waals surface area contributed by atoms with Crippen LogP contribution in [0.5, 0.6) is 0 Å². The van der Waals surface area contributed by atoms with Crippen molar-refractivity contribution in [2.45, 2.75) is 58.0 Å². The van der Waals surface area contributed by atoms with E-state index in [-0.39, 0.29) is 30.5 Å². The van der Waals surface area contributed by atoms with E-state index in [1.165, 1.54) is 12.8 Å². The summed E-state index contributed by atoms with van der Waals surface area (Å²) < 4.78 is 0. The number of nitrogens with one attached hydrogen (secondary N) is 1. The van der Waals surface area contributed by atoms with E-state index >= 15 is 0 Å². The first-order valence-corrected chi connectivity index (χ1v) is 7.57. The quantitative estimate of drug-likeness (QED) is 0.819. The molecule has 114 valence electrons. The molecule has 1 saturated carbocycles. The number of amides is 1. The fourth-order valence-corrected chi connectivity index (χ4v) is 3.61. The molecular formula is C15H26N2O3. The van der Waals surface area contributed by atoms with Crippen LogP contribution in [0.15, 0.2) is 0 Å². The Morgan fingerprint density at radius 2 is 2.00 bits per heavy atom. The van der Waals surface area contributed by atoms with E-state index in [0.717, 1.165) is 13.0 Å². The summed E-state index contributed by atoms with van der Waals surface area (Å²) in [5.41, 5.74) is -0.342. The van der Waals surface area contributed by atoms with Crippen molar-refractivity contribution in [3.05, 3.63) is 0 Å². The topological polar surface area (TPSA) is 69.6 Å². The average Bonchev–Trinajstić information content (AvgIpc) is 2.87. The molecule has 5 heteroatoms. The number of hydrogen-bond donors (Lipinski definition) is 2. The molecule has 2 fully saturated rings. The zero-order valence-electron chi connectivity index (χ0n) is 12.7. The van der Waals surface area contributed by atoms with E-state index in [4.69, 9.17) is 5.11 Å². The molecule has 1 amide bonds. The maximum atomic E-state index is 12.8. The molecule has 0 spiro atoms. The van der Waals surface area contributed by atoms with E-state index in [9.17, 15) is 9.59 Å². The van der Waals surface area contributed by atoms with Crippen LogP contribution in [-0.4, -0.2) is 46.6 Å². The van der Waals surface area contributed by atoms with Crippen LogP contribution in [0.1, 0.15) is 46.5 Å². The number of carboxylic acids is 1. The molecule has 2 rings (SSSR count). The Kier molecular flexibility index (Phi) is 4.37. The second-order valence-electron chi connectivity index (χ2n) is 7.05. The molecule has 3 unspecified atom stereocenters. The summed E-state index contributed by atoms with van der Waals surface area (Å²) in [6.45, 7) is 7.11. The average molecular weight is 282 g/mol. The highest BCUT2D eigenvalue weighted by atomic mass is 16.4. The lowest BCUT2D eigenvalue weighted by molar-refractivity contribution is -0.142. The number of aliphatic carboxylic acids is 1. The van der Waals surface area contributed by atoms with E-state index in [1.807, 2.05) is 20.8 Å². The molecule has 1 aliphatic heterocycles. The number of fused-ring (bicyclic) bond motifs is 1. The highest BCUT2D eigenvalue weighted by Gasteiger charge is 2.45. The van der Waals surface area contributed by atoms with Gasteiger partial charge in [-0.05, 0) is 52.0 Å². The van der Waals surface area contributed by atoms with Gasteiger partial charge in [0.15, 0.2) is 0 Å². The Hall–Kier alpha value is -1.10. The van der Waals surface area contributed by atoms with Crippen LogP contribution in [0.25, 0.3) is 0 Å². The van der Waals surface area contributed by atoms with E-state index in [2.05, 4.69) is 5.32 Å². The molecule has 0 aromatic rings. The maximum absolute atomic E-state index is 12.8. The van der Waals surface area contributed by atoms with Gasteiger partial charge in [0.2, 0.25) is 5.91 Å². The maximum Gasteiger partial charge on any atom is 0.305 e. The van der Waals surface area contributed by atoms with E-state index in [1.54, 1.807) is 4.90 Å². The van der Waals surface area contributed by atoms with Gasteiger partial charge in [0.05, 0.1) is 12.5 Å². The van der Waals surface area contributed by atoms with Gasteiger partial charge in [-0.15, -0.1) is 0 Å². The predicted octanol–water partition coefficient (Wildman–Crippen LogP) is 1.48. The summed E-state index contributed by atoms with van der Waals surface area (Å²) in [6, 6.07) is -0.115. The largest absolute Gasteiger partial charge is 0.481 e. The van der Waals surface area contributed by atoms with Crippen LogP contribution in [0.2, 0.25) is 0 Å². The van der Waals surface area contributed by atoms with Crippen LogP contribution in [0, 0.1) is 11.8 Å². The van der Waals surface area contributed by atoms with E-state index < -0.39 is 5.97 Å². The summed E-state index contributed by atoms with van der Waals surface area (Å²) >= 11 is 0. The van der Waals surface area contributed by atoms with Gasteiger partial charge >= 0.3 is 5.97 Å². The number of carboxylic acid groups (broad SMARTS) is 1. The summed E-state index contributed by atoms with van der Waals surface area (Å²) in [6.07, 6.45) is 3.55. The third-order valence-corrected chi connectivity index (χ3v) is 4.64. The fraction of sp³-hybridized carbons (Fsp3) is 0.867. The van der Waals surface area contributed by atoms with Crippen LogP contribution < -0.4 is 5.32 Å². The molecule has 0 aromatic carbocycles. The molecule has 0 bridgehead atoms. The molecule has 5 nitrogen and oxygen atoms in total. The first kappa shape index (κ1) is 15.3. The number of carbonyl (C=O) groups is 2. The Labute approximate surface area is 120 Å². The number of carbonyl (C=O) groups excluding carboxylic acids is 1. The van der Waals surface area contributed by atoms with Crippen molar-refractivity contribution in [2.24, 2.45) is 11.8 Å². The normalized spacial score (nSPS) is 29.2. The SMILES string of the molecule is CC(C)(C)N(CCC(=O)O)C(=O)C1NCC2CCCC21. The van der Waals surface area contributed by atoms with Crippen LogP contribution in [0.3, 0.4) is 0 Å². The van der Waals surface area contributed by atoms with Gasteiger partial charge in [0.25, 0.3) is 0 Å². The van der Waals surface area contributed by atoms with Crippen molar-refractivity contribution >= 4 is 11.9 Å². The molecule has 1 saturated heterocycles. The molecule has 1 aliphatic carbocycles. The molecule has 0 aromatic heterocycles. The van der Waals surface area contributed by atoms with Crippen molar-refractivity contribution in [2.75, 3.05) is 13.1 Å². The first-order chi connectivity index (χ1) is 9.30. The number of hydrogen-bond acceptors (Lipinski definition) is 3. The van der Waals surface area contributed by atoms with E-state index in [0.29, 0.717) is 11.8 Å². The second-order valence-corrected chi connectivity index (χ2v) is 7.05. The fourth-order valence-electron chi connectivity index (χ4n) is 3.61. The molecule has 1 heterocycles. The third kappa shape index (κ3) is 3.14. The van der Waals surface area contributed by atoms with Crippen molar-refractivity contribution in [1.29, 1.82) is 0 Å². The second kappa shape index (κ2) is 5.72. The molecular weight excluding hydrogens is 256 g/mol. The van der Waals surface area contributed by atoms with Crippen molar-refractivity contribution in [3.8, 4) is 0 Å². The molecule has 2 N–H and O–H groups in total. The minimum atomic E-state index is -0.856. The first-order valence-electron chi connectivity index (χ1n) is 7.57. The van der Waals surface area contributed by atoms with Crippen molar-refractivity contribution < 1.29 is 14.7 Å². The van der Waals surface area contributed by atoms with Crippen LogP contribution >= 0.6 is 0 Å². The van der Waals surface area contributed by atoms with Gasteiger partial charge in [0, 0.05) is 12.1 Å². The Balaban J connectivity index is 2.08. The highest BCUT2D eigenvalue weighted by Crippen LogP contribution is 2.38. The van der Waals surface area contributed by atoms with Gasteiger partial charge in [-0.1, -0.05) is 6.42 Å². The smallest absolute Gasteiger partial charge is 0.305 e.